The highest BCUT2D eigenvalue weighted by Gasteiger charge is 2.28. The Bertz CT molecular complexity index is 805. The van der Waals surface area contributed by atoms with Crippen molar-refractivity contribution in [3.05, 3.63) is 40.9 Å². The van der Waals surface area contributed by atoms with Crippen LogP contribution in [0.4, 0.5) is 22.0 Å². The topological polar surface area (TPSA) is 64.6 Å². The molecule has 0 aliphatic rings. The van der Waals surface area contributed by atoms with Gasteiger partial charge < -0.3 is 14.8 Å². The van der Waals surface area contributed by atoms with Crippen LogP contribution in [0.3, 0.4) is 0 Å². The molecule has 0 saturated carbocycles. The maximum absolute atomic E-state index is 13.6. The van der Waals surface area contributed by atoms with Gasteiger partial charge in [0.25, 0.3) is 0 Å². The minimum absolute atomic E-state index is 0.0260. The van der Waals surface area contributed by atoms with Crippen molar-refractivity contribution in [2.24, 2.45) is 5.41 Å². The van der Waals surface area contributed by atoms with Crippen molar-refractivity contribution in [1.29, 1.82) is 0 Å². The van der Waals surface area contributed by atoms with Gasteiger partial charge in [0.2, 0.25) is 40.7 Å². The number of amides is 1. The quantitative estimate of drug-likeness (QED) is 0.0801. The maximum Gasteiger partial charge on any atom is 0.339 e. The number of unbranched alkanes of at least 4 members (excludes halogenated alkanes) is 1. The maximum atomic E-state index is 13.6. The normalized spacial score (nSPS) is 12.0. The number of methoxy groups -OCH3 is 1. The van der Waals surface area contributed by atoms with E-state index in [0.717, 1.165) is 19.3 Å². The number of ether oxygens (including phenoxy) is 2. The second kappa shape index (κ2) is 11.7. The number of esters is 1. The summed E-state index contributed by atoms with van der Waals surface area (Å²) < 4.78 is 75.7. The van der Waals surface area contributed by atoms with Gasteiger partial charge in [-0.25, -0.2) is 18.0 Å². The zero-order chi connectivity index (χ0) is 23.8. The first-order chi connectivity index (χ1) is 14.4. The second-order valence-electron chi connectivity index (χ2n) is 8.00. The lowest BCUT2D eigenvalue weighted by Gasteiger charge is -2.17. The van der Waals surface area contributed by atoms with Gasteiger partial charge in [-0.05, 0) is 18.3 Å². The van der Waals surface area contributed by atoms with Crippen LogP contribution in [0, 0.1) is 34.5 Å². The zero-order valence-electron chi connectivity index (χ0n) is 17.8. The third-order valence-electron chi connectivity index (χ3n) is 4.19. The Morgan fingerprint density at radius 3 is 1.97 bits per heavy atom. The largest absolute Gasteiger partial charge is 0.501 e. The SMILES string of the molecule is CO/C(=C/C(=O)Oc1c(F)c(F)c(F)c(F)c1F)CCNC(=O)CCCCC(C)(C)C. The Morgan fingerprint density at radius 2 is 1.45 bits per heavy atom. The van der Waals surface area contributed by atoms with E-state index in [2.05, 4.69) is 30.8 Å². The van der Waals surface area contributed by atoms with Gasteiger partial charge in [-0.2, -0.15) is 8.78 Å². The number of hydrogen-bond acceptors (Lipinski definition) is 4. The highest BCUT2D eigenvalue weighted by Crippen LogP contribution is 2.29. The van der Waals surface area contributed by atoms with Gasteiger partial charge in [-0.1, -0.05) is 27.2 Å². The van der Waals surface area contributed by atoms with Crippen molar-refractivity contribution in [2.75, 3.05) is 13.7 Å². The van der Waals surface area contributed by atoms with Crippen LogP contribution < -0.4 is 10.1 Å². The highest BCUT2D eigenvalue weighted by atomic mass is 19.2. The lowest BCUT2D eigenvalue weighted by atomic mass is 9.89. The number of carbonyl (C=O) groups is 2. The van der Waals surface area contributed by atoms with Crippen molar-refractivity contribution in [2.45, 2.75) is 52.9 Å². The number of halogens is 5. The van der Waals surface area contributed by atoms with Crippen molar-refractivity contribution in [3.63, 3.8) is 0 Å². The van der Waals surface area contributed by atoms with Crippen LogP contribution in [-0.2, 0) is 14.3 Å². The predicted molar refractivity (Wildman–Crippen MR) is 103 cm³/mol. The fraction of sp³-hybridized carbons (Fsp3) is 0.524. The van der Waals surface area contributed by atoms with E-state index in [9.17, 15) is 31.5 Å². The molecule has 174 valence electrons. The van der Waals surface area contributed by atoms with Gasteiger partial charge in [0.1, 0.15) is 5.76 Å². The third-order valence-corrected chi connectivity index (χ3v) is 4.19. The number of rotatable bonds is 10. The summed E-state index contributed by atoms with van der Waals surface area (Å²) in [7, 11) is 1.20. The molecule has 0 aliphatic heterocycles. The molecule has 1 amide bonds. The van der Waals surface area contributed by atoms with Crippen LogP contribution >= 0.6 is 0 Å². The molecule has 0 radical (unpaired) electrons. The molecule has 0 atom stereocenters. The second-order valence-corrected chi connectivity index (χ2v) is 8.00. The van der Waals surface area contributed by atoms with Crippen LogP contribution in [0.25, 0.3) is 0 Å². The molecule has 0 aromatic heterocycles. The molecule has 1 rings (SSSR count). The first-order valence-electron chi connectivity index (χ1n) is 9.62. The zero-order valence-corrected chi connectivity index (χ0v) is 17.8. The first kappa shape index (κ1) is 26.4. The Labute approximate surface area is 177 Å². The molecule has 5 nitrogen and oxygen atoms in total. The molecule has 1 N–H and O–H groups in total. The van der Waals surface area contributed by atoms with Gasteiger partial charge in [0.05, 0.1) is 13.2 Å². The van der Waals surface area contributed by atoms with Crippen molar-refractivity contribution in [1.82, 2.24) is 5.32 Å². The highest BCUT2D eigenvalue weighted by molar-refractivity contribution is 5.84. The first-order valence-corrected chi connectivity index (χ1v) is 9.62. The monoisotopic (exact) mass is 451 g/mol. The summed E-state index contributed by atoms with van der Waals surface area (Å²) in [5.41, 5.74) is 0.195. The van der Waals surface area contributed by atoms with E-state index in [1.54, 1.807) is 0 Å². The fourth-order valence-corrected chi connectivity index (χ4v) is 2.52. The van der Waals surface area contributed by atoms with E-state index >= 15 is 0 Å². The number of hydrogen-bond donors (Lipinski definition) is 1. The van der Waals surface area contributed by atoms with Gasteiger partial charge >= 0.3 is 5.97 Å². The Kier molecular flexibility index (Phi) is 9.93. The van der Waals surface area contributed by atoms with Gasteiger partial charge in [0.15, 0.2) is 0 Å². The summed E-state index contributed by atoms with van der Waals surface area (Å²) in [6.45, 7) is 6.45. The standard InChI is InChI=1S/C21H26F5NO4/c1-21(2,3)9-6-5-7-13(28)27-10-8-12(30-4)11-14(29)31-20-18(25)16(23)15(22)17(24)19(20)26/h11H,5-10H2,1-4H3,(H,27,28)/b12-11+. The van der Waals surface area contributed by atoms with Crippen molar-refractivity contribution < 1.29 is 41.0 Å². The van der Waals surface area contributed by atoms with Crippen LogP contribution in [0.15, 0.2) is 11.8 Å². The van der Waals surface area contributed by atoms with Crippen molar-refractivity contribution in [3.8, 4) is 5.75 Å². The molecule has 10 heteroatoms. The molecule has 1 aromatic rings. The molecule has 0 bridgehead atoms. The van der Waals surface area contributed by atoms with Gasteiger partial charge in [-0.15, -0.1) is 0 Å². The summed E-state index contributed by atoms with van der Waals surface area (Å²) in [5, 5.41) is 2.63. The molecular formula is C21H26F5NO4. The number of carbonyl (C=O) groups excluding carboxylic acids is 2. The number of benzene rings is 1. The lowest BCUT2D eigenvalue weighted by molar-refractivity contribution is -0.129. The van der Waals surface area contributed by atoms with Crippen LogP contribution in [0.1, 0.15) is 52.9 Å². The smallest absolute Gasteiger partial charge is 0.339 e. The molecule has 0 fully saturated rings. The van der Waals surface area contributed by atoms with E-state index in [1.165, 1.54) is 7.11 Å². The fourth-order valence-electron chi connectivity index (χ4n) is 2.52. The van der Waals surface area contributed by atoms with Gasteiger partial charge in [-0.3, -0.25) is 4.79 Å². The Hall–Kier alpha value is -2.65. The van der Waals surface area contributed by atoms with E-state index in [-0.39, 0.29) is 30.0 Å². The summed E-state index contributed by atoms with van der Waals surface area (Å²) >= 11 is 0. The van der Waals surface area contributed by atoms with Crippen LogP contribution in [0.5, 0.6) is 5.75 Å². The average Bonchev–Trinajstić information content (AvgIpc) is 2.70. The Morgan fingerprint density at radius 1 is 0.903 bits per heavy atom. The molecular weight excluding hydrogens is 425 g/mol. The lowest BCUT2D eigenvalue weighted by Crippen LogP contribution is -2.24. The summed E-state index contributed by atoms with van der Waals surface area (Å²) in [4.78, 5) is 23.6. The summed E-state index contributed by atoms with van der Waals surface area (Å²) in [5.74, 6) is -14.7. The minimum Gasteiger partial charge on any atom is -0.501 e. The van der Waals surface area contributed by atoms with Crippen LogP contribution in [-0.4, -0.2) is 25.5 Å². The molecule has 1 aromatic carbocycles. The van der Waals surface area contributed by atoms with E-state index in [0.29, 0.717) is 12.5 Å². The van der Waals surface area contributed by atoms with Gasteiger partial charge in [0, 0.05) is 19.4 Å². The average molecular weight is 451 g/mol. The number of nitrogens with one attached hydrogen (secondary N) is 1. The van der Waals surface area contributed by atoms with E-state index in [1.807, 2.05) is 0 Å². The Balaban J connectivity index is 2.59. The summed E-state index contributed by atoms with van der Waals surface area (Å²) in [6.07, 6.45) is 3.68. The molecule has 0 saturated heterocycles. The molecule has 0 unspecified atom stereocenters. The molecule has 0 heterocycles. The van der Waals surface area contributed by atoms with E-state index < -0.39 is 40.8 Å². The summed E-state index contributed by atoms with van der Waals surface area (Å²) in [6, 6.07) is 0. The van der Waals surface area contributed by atoms with Crippen LogP contribution in [0.2, 0.25) is 0 Å². The molecule has 0 spiro atoms. The predicted octanol–water partition coefficient (Wildman–Crippen LogP) is 4.93. The molecule has 31 heavy (non-hydrogen) atoms. The minimum atomic E-state index is -2.36. The third kappa shape index (κ3) is 8.55. The van der Waals surface area contributed by atoms with E-state index in [4.69, 9.17) is 4.74 Å². The molecule has 0 aliphatic carbocycles. The van der Waals surface area contributed by atoms with Crippen molar-refractivity contribution >= 4 is 11.9 Å².